The fourth-order valence-corrected chi connectivity index (χ4v) is 4.49. The molecule has 38 heavy (non-hydrogen) atoms. The Balaban J connectivity index is 1.46. The Bertz CT molecular complexity index is 1090. The summed E-state index contributed by atoms with van der Waals surface area (Å²) in [7, 11) is 0. The van der Waals surface area contributed by atoms with Crippen LogP contribution < -0.4 is 9.47 Å². The SMILES string of the molecule is CCCCCCCCc1ccc(-c2ccc(OC(=O)c3ccc(OCCCCCCC)c(F)c3)cc2)cc1. The Morgan fingerprint density at radius 1 is 0.684 bits per heavy atom. The van der Waals surface area contributed by atoms with Crippen LogP contribution in [0.4, 0.5) is 4.39 Å². The quantitative estimate of drug-likeness (QED) is 0.101. The predicted octanol–water partition coefficient (Wildman–Crippen LogP) is 9.96. The van der Waals surface area contributed by atoms with Crippen LogP contribution in [0.5, 0.6) is 11.5 Å². The van der Waals surface area contributed by atoms with E-state index in [2.05, 4.69) is 38.1 Å². The zero-order valence-electron chi connectivity index (χ0n) is 23.1. The molecule has 0 unspecified atom stereocenters. The van der Waals surface area contributed by atoms with Gasteiger partial charge >= 0.3 is 5.97 Å². The number of hydrogen-bond donors (Lipinski definition) is 0. The highest BCUT2D eigenvalue weighted by Crippen LogP contribution is 2.25. The van der Waals surface area contributed by atoms with E-state index in [0.717, 1.165) is 30.4 Å². The van der Waals surface area contributed by atoms with E-state index in [1.807, 2.05) is 12.1 Å². The molecule has 4 heteroatoms. The normalized spacial score (nSPS) is 10.9. The summed E-state index contributed by atoms with van der Waals surface area (Å²) in [6, 6.07) is 20.3. The highest BCUT2D eigenvalue weighted by molar-refractivity contribution is 5.91. The van der Waals surface area contributed by atoms with Crippen molar-refractivity contribution >= 4 is 5.97 Å². The molecule has 0 bridgehead atoms. The number of ether oxygens (including phenoxy) is 2. The monoisotopic (exact) mass is 518 g/mol. The molecule has 0 radical (unpaired) electrons. The van der Waals surface area contributed by atoms with Crippen LogP contribution in [-0.4, -0.2) is 12.6 Å². The highest BCUT2D eigenvalue weighted by Gasteiger charge is 2.13. The Morgan fingerprint density at radius 2 is 1.26 bits per heavy atom. The second kappa shape index (κ2) is 16.7. The molecular weight excluding hydrogens is 475 g/mol. The standard InChI is InChI=1S/C34H43FO3/c1-3-5-7-9-10-12-14-27-15-17-28(18-16-27)29-19-22-31(23-20-29)38-34(36)30-21-24-33(32(35)26-30)37-25-13-11-8-6-4-2/h15-24,26H,3-14,25H2,1-2H3. The maximum absolute atomic E-state index is 14.4. The molecule has 0 aliphatic rings. The lowest BCUT2D eigenvalue weighted by atomic mass is 10.0. The Morgan fingerprint density at radius 3 is 1.89 bits per heavy atom. The Kier molecular flexibility index (Phi) is 12.9. The minimum Gasteiger partial charge on any atom is -0.491 e. The average molecular weight is 519 g/mol. The van der Waals surface area contributed by atoms with Crippen LogP contribution in [0, 0.1) is 5.82 Å². The van der Waals surface area contributed by atoms with Gasteiger partial charge in [-0.2, -0.15) is 0 Å². The number of rotatable bonds is 17. The molecule has 0 amide bonds. The third-order valence-electron chi connectivity index (χ3n) is 6.84. The summed E-state index contributed by atoms with van der Waals surface area (Å²) in [5, 5.41) is 0. The van der Waals surface area contributed by atoms with Gasteiger partial charge in [0.05, 0.1) is 12.2 Å². The molecule has 0 saturated heterocycles. The molecule has 0 fully saturated rings. The van der Waals surface area contributed by atoms with Crippen LogP contribution in [-0.2, 0) is 6.42 Å². The van der Waals surface area contributed by atoms with Gasteiger partial charge in [0.15, 0.2) is 11.6 Å². The minimum atomic E-state index is -0.596. The van der Waals surface area contributed by atoms with Crippen molar-refractivity contribution in [3.05, 3.63) is 83.7 Å². The molecule has 3 rings (SSSR count). The smallest absolute Gasteiger partial charge is 0.343 e. The van der Waals surface area contributed by atoms with Crippen molar-refractivity contribution in [3.8, 4) is 22.6 Å². The number of unbranched alkanes of at least 4 members (excludes halogenated alkanes) is 9. The molecule has 0 spiro atoms. The molecule has 0 heterocycles. The van der Waals surface area contributed by atoms with Crippen LogP contribution in [0.2, 0.25) is 0 Å². The fourth-order valence-electron chi connectivity index (χ4n) is 4.49. The lowest BCUT2D eigenvalue weighted by Gasteiger charge is -2.09. The Hall–Kier alpha value is -3.14. The van der Waals surface area contributed by atoms with Crippen molar-refractivity contribution in [2.75, 3.05) is 6.61 Å². The second-order valence-corrected chi connectivity index (χ2v) is 10.0. The molecule has 0 aliphatic heterocycles. The van der Waals surface area contributed by atoms with Gasteiger partial charge in [-0.1, -0.05) is 108 Å². The zero-order valence-corrected chi connectivity index (χ0v) is 23.1. The topological polar surface area (TPSA) is 35.5 Å². The lowest BCUT2D eigenvalue weighted by molar-refractivity contribution is 0.0734. The van der Waals surface area contributed by atoms with Crippen molar-refractivity contribution in [1.82, 2.24) is 0 Å². The van der Waals surface area contributed by atoms with E-state index in [1.165, 1.54) is 75.5 Å². The van der Waals surface area contributed by atoms with Gasteiger partial charge in [0.2, 0.25) is 0 Å². The van der Waals surface area contributed by atoms with E-state index < -0.39 is 11.8 Å². The van der Waals surface area contributed by atoms with Crippen LogP contribution in [0.1, 0.15) is 100 Å². The lowest BCUT2D eigenvalue weighted by Crippen LogP contribution is -2.09. The summed E-state index contributed by atoms with van der Waals surface area (Å²) in [6.45, 7) is 4.89. The number of esters is 1. The molecule has 3 nitrogen and oxygen atoms in total. The van der Waals surface area contributed by atoms with Crippen LogP contribution in [0.3, 0.4) is 0 Å². The average Bonchev–Trinajstić information content (AvgIpc) is 2.94. The van der Waals surface area contributed by atoms with Gasteiger partial charge in [0.1, 0.15) is 5.75 Å². The highest BCUT2D eigenvalue weighted by atomic mass is 19.1. The van der Waals surface area contributed by atoms with Gasteiger partial charge < -0.3 is 9.47 Å². The first kappa shape index (κ1) is 29.4. The van der Waals surface area contributed by atoms with E-state index in [9.17, 15) is 9.18 Å². The van der Waals surface area contributed by atoms with E-state index >= 15 is 0 Å². The number of hydrogen-bond acceptors (Lipinski definition) is 3. The molecule has 0 aromatic heterocycles. The van der Waals surface area contributed by atoms with E-state index in [4.69, 9.17) is 9.47 Å². The fraction of sp³-hybridized carbons (Fsp3) is 0.441. The first-order valence-electron chi connectivity index (χ1n) is 14.4. The van der Waals surface area contributed by atoms with E-state index in [-0.39, 0.29) is 11.3 Å². The van der Waals surface area contributed by atoms with Crippen molar-refractivity contribution in [3.63, 3.8) is 0 Å². The van der Waals surface area contributed by atoms with Gasteiger partial charge in [-0.3, -0.25) is 0 Å². The summed E-state index contributed by atoms with van der Waals surface area (Å²) in [4.78, 5) is 12.6. The molecule has 0 aliphatic carbocycles. The number of aryl methyl sites for hydroxylation is 1. The molecule has 3 aromatic carbocycles. The largest absolute Gasteiger partial charge is 0.491 e. The first-order valence-corrected chi connectivity index (χ1v) is 14.4. The second-order valence-electron chi connectivity index (χ2n) is 10.0. The van der Waals surface area contributed by atoms with Gasteiger partial charge in [-0.15, -0.1) is 0 Å². The summed E-state index contributed by atoms with van der Waals surface area (Å²) in [5.74, 6) is -0.559. The van der Waals surface area contributed by atoms with Crippen LogP contribution >= 0.6 is 0 Å². The van der Waals surface area contributed by atoms with Crippen LogP contribution in [0.25, 0.3) is 11.1 Å². The predicted molar refractivity (Wildman–Crippen MR) is 155 cm³/mol. The van der Waals surface area contributed by atoms with Gasteiger partial charge in [0.25, 0.3) is 0 Å². The summed E-state index contributed by atoms with van der Waals surface area (Å²) in [6.07, 6.45) is 14.5. The van der Waals surface area contributed by atoms with E-state index in [0.29, 0.717) is 12.4 Å². The first-order chi connectivity index (χ1) is 18.6. The maximum Gasteiger partial charge on any atom is 0.343 e. The molecule has 0 N–H and O–H groups in total. The number of carbonyl (C=O) groups excluding carboxylic acids is 1. The summed E-state index contributed by atoms with van der Waals surface area (Å²) >= 11 is 0. The summed E-state index contributed by atoms with van der Waals surface area (Å²) < 4.78 is 25.5. The third-order valence-corrected chi connectivity index (χ3v) is 6.84. The number of carbonyl (C=O) groups is 1. The van der Waals surface area contributed by atoms with Crippen molar-refractivity contribution in [2.45, 2.75) is 90.9 Å². The van der Waals surface area contributed by atoms with Gasteiger partial charge in [-0.25, -0.2) is 9.18 Å². The molecule has 3 aromatic rings. The van der Waals surface area contributed by atoms with Crippen molar-refractivity contribution in [1.29, 1.82) is 0 Å². The summed E-state index contributed by atoms with van der Waals surface area (Å²) in [5.41, 5.74) is 3.70. The zero-order chi connectivity index (χ0) is 27.0. The third kappa shape index (κ3) is 9.96. The number of benzene rings is 3. The minimum absolute atomic E-state index is 0.155. The van der Waals surface area contributed by atoms with Gasteiger partial charge in [-0.05, 0) is 66.3 Å². The Labute approximate surface area is 228 Å². The maximum atomic E-state index is 14.4. The van der Waals surface area contributed by atoms with Crippen LogP contribution in [0.15, 0.2) is 66.7 Å². The molecule has 204 valence electrons. The van der Waals surface area contributed by atoms with Gasteiger partial charge in [0, 0.05) is 0 Å². The molecule has 0 atom stereocenters. The van der Waals surface area contributed by atoms with E-state index in [1.54, 1.807) is 18.2 Å². The van der Waals surface area contributed by atoms with Crippen molar-refractivity contribution in [2.24, 2.45) is 0 Å². The number of halogens is 1. The molecular formula is C34H43FO3. The molecule has 0 saturated carbocycles. The van der Waals surface area contributed by atoms with Crippen molar-refractivity contribution < 1.29 is 18.7 Å².